The molecule has 0 fully saturated rings. The van der Waals surface area contributed by atoms with Gasteiger partial charge in [-0.15, -0.1) is 0 Å². The molecule has 0 bridgehead atoms. The smallest absolute Gasteiger partial charge is 0.0927 e. The molecule has 3 heteroatoms. The predicted molar refractivity (Wildman–Crippen MR) is 59.9 cm³/mol. The van der Waals surface area contributed by atoms with Gasteiger partial charge in [-0.1, -0.05) is 11.6 Å². The monoisotopic (exact) mass is 208 g/mol. The Kier molecular flexibility index (Phi) is 2.23. The molecule has 0 spiro atoms. The van der Waals surface area contributed by atoms with Crippen molar-refractivity contribution in [2.45, 2.75) is 26.8 Å². The third-order valence-corrected chi connectivity index (χ3v) is 2.63. The Morgan fingerprint density at radius 2 is 2.07 bits per heavy atom. The van der Waals surface area contributed by atoms with Crippen molar-refractivity contribution in [3.63, 3.8) is 0 Å². The van der Waals surface area contributed by atoms with Crippen molar-refractivity contribution in [2.75, 3.05) is 0 Å². The summed E-state index contributed by atoms with van der Waals surface area (Å²) in [5.41, 5.74) is 2.19. The summed E-state index contributed by atoms with van der Waals surface area (Å²) in [6.07, 6.45) is 0. The maximum Gasteiger partial charge on any atom is 0.0927 e. The summed E-state index contributed by atoms with van der Waals surface area (Å²) in [5, 5.41) is 6.42. The maximum atomic E-state index is 5.94. The first-order valence-electron chi connectivity index (χ1n) is 4.74. The average Bonchev–Trinajstić information content (AvgIpc) is 2.44. The van der Waals surface area contributed by atoms with E-state index in [1.165, 1.54) is 5.69 Å². The lowest BCUT2D eigenvalue weighted by molar-refractivity contribution is 0.524. The van der Waals surface area contributed by atoms with Crippen molar-refractivity contribution < 1.29 is 0 Å². The lowest BCUT2D eigenvalue weighted by atomic mass is 10.2. The van der Waals surface area contributed by atoms with Crippen LogP contribution in [0.2, 0.25) is 5.02 Å². The van der Waals surface area contributed by atoms with Gasteiger partial charge in [0.1, 0.15) is 0 Å². The van der Waals surface area contributed by atoms with Crippen LogP contribution < -0.4 is 0 Å². The van der Waals surface area contributed by atoms with Gasteiger partial charge in [0.05, 0.1) is 5.52 Å². The van der Waals surface area contributed by atoms with Gasteiger partial charge in [-0.3, -0.25) is 4.68 Å². The quantitative estimate of drug-likeness (QED) is 0.701. The SMILES string of the molecule is Cc1c2cc(Cl)ccc2nn1C(C)C. The molecular formula is C11H13ClN2. The van der Waals surface area contributed by atoms with Gasteiger partial charge in [-0.2, -0.15) is 5.10 Å². The fourth-order valence-electron chi connectivity index (χ4n) is 1.70. The fraction of sp³-hybridized carbons (Fsp3) is 0.364. The molecule has 0 aliphatic heterocycles. The van der Waals surface area contributed by atoms with E-state index >= 15 is 0 Å². The lowest BCUT2D eigenvalue weighted by Gasteiger charge is -2.06. The highest BCUT2D eigenvalue weighted by molar-refractivity contribution is 6.31. The molecule has 14 heavy (non-hydrogen) atoms. The van der Waals surface area contributed by atoms with E-state index < -0.39 is 0 Å². The molecule has 1 heterocycles. The second-order valence-corrected chi connectivity index (χ2v) is 4.22. The molecule has 1 aromatic heterocycles. The van der Waals surface area contributed by atoms with Crippen molar-refractivity contribution in [3.05, 3.63) is 28.9 Å². The van der Waals surface area contributed by atoms with Crippen LogP contribution in [-0.4, -0.2) is 9.78 Å². The van der Waals surface area contributed by atoms with Gasteiger partial charge >= 0.3 is 0 Å². The Morgan fingerprint density at radius 3 is 2.71 bits per heavy atom. The highest BCUT2D eigenvalue weighted by Crippen LogP contribution is 2.23. The van der Waals surface area contributed by atoms with Crippen LogP contribution in [0.3, 0.4) is 0 Å². The zero-order valence-corrected chi connectivity index (χ0v) is 9.34. The molecular weight excluding hydrogens is 196 g/mol. The molecule has 0 N–H and O–H groups in total. The van der Waals surface area contributed by atoms with Gasteiger partial charge in [-0.05, 0) is 39.0 Å². The van der Waals surface area contributed by atoms with Crippen LogP contribution in [-0.2, 0) is 0 Å². The summed E-state index contributed by atoms with van der Waals surface area (Å²) in [6, 6.07) is 6.20. The van der Waals surface area contributed by atoms with Gasteiger partial charge in [0.2, 0.25) is 0 Å². The van der Waals surface area contributed by atoms with Crippen LogP contribution in [0.25, 0.3) is 10.9 Å². The van der Waals surface area contributed by atoms with E-state index in [0.29, 0.717) is 6.04 Å². The van der Waals surface area contributed by atoms with Gasteiger partial charge in [0.15, 0.2) is 0 Å². The summed E-state index contributed by atoms with van der Waals surface area (Å²) in [7, 11) is 0. The molecule has 0 saturated heterocycles. The summed E-state index contributed by atoms with van der Waals surface area (Å²) in [6.45, 7) is 6.33. The zero-order chi connectivity index (χ0) is 10.3. The number of rotatable bonds is 1. The number of hydrogen-bond acceptors (Lipinski definition) is 1. The fourth-order valence-corrected chi connectivity index (χ4v) is 1.87. The number of nitrogens with zero attached hydrogens (tertiary/aromatic N) is 2. The van der Waals surface area contributed by atoms with Gasteiger partial charge in [0, 0.05) is 22.1 Å². The molecule has 0 aliphatic rings. The number of fused-ring (bicyclic) bond motifs is 1. The first-order valence-corrected chi connectivity index (χ1v) is 5.12. The largest absolute Gasteiger partial charge is 0.266 e. The predicted octanol–water partition coefficient (Wildman–Crippen LogP) is 3.58. The second kappa shape index (κ2) is 3.28. The number of hydrogen-bond donors (Lipinski definition) is 0. The first-order chi connectivity index (χ1) is 6.59. The van der Waals surface area contributed by atoms with E-state index in [1.807, 2.05) is 22.9 Å². The van der Waals surface area contributed by atoms with E-state index in [1.54, 1.807) is 0 Å². The van der Waals surface area contributed by atoms with E-state index in [2.05, 4.69) is 25.9 Å². The molecule has 2 rings (SSSR count). The van der Waals surface area contributed by atoms with Crippen LogP contribution in [0.4, 0.5) is 0 Å². The third-order valence-electron chi connectivity index (χ3n) is 2.40. The Hall–Kier alpha value is -1.02. The first kappa shape index (κ1) is 9.53. The van der Waals surface area contributed by atoms with Crippen molar-refractivity contribution in [2.24, 2.45) is 0 Å². The number of halogens is 1. The highest BCUT2D eigenvalue weighted by Gasteiger charge is 2.09. The van der Waals surface area contributed by atoms with E-state index in [9.17, 15) is 0 Å². The van der Waals surface area contributed by atoms with Gasteiger partial charge in [0.25, 0.3) is 0 Å². The molecule has 2 nitrogen and oxygen atoms in total. The summed E-state index contributed by atoms with van der Waals surface area (Å²) < 4.78 is 2.03. The van der Waals surface area contributed by atoms with Crippen LogP contribution in [0.5, 0.6) is 0 Å². The number of aromatic nitrogens is 2. The average molecular weight is 209 g/mol. The lowest BCUT2D eigenvalue weighted by Crippen LogP contribution is -2.04. The Balaban J connectivity index is 2.74. The molecule has 2 aromatic rings. The van der Waals surface area contributed by atoms with E-state index in [4.69, 9.17) is 11.6 Å². The summed E-state index contributed by atoms with van der Waals surface area (Å²) in [5.74, 6) is 0. The molecule has 0 amide bonds. The molecule has 0 unspecified atom stereocenters. The van der Waals surface area contributed by atoms with Crippen molar-refractivity contribution >= 4 is 22.5 Å². The molecule has 0 atom stereocenters. The second-order valence-electron chi connectivity index (χ2n) is 3.79. The maximum absolute atomic E-state index is 5.94. The topological polar surface area (TPSA) is 17.8 Å². The minimum absolute atomic E-state index is 0.390. The van der Waals surface area contributed by atoms with Gasteiger partial charge < -0.3 is 0 Å². The van der Waals surface area contributed by atoms with Crippen LogP contribution in [0.1, 0.15) is 25.6 Å². The van der Waals surface area contributed by atoms with E-state index in [0.717, 1.165) is 15.9 Å². The molecule has 1 aromatic carbocycles. The van der Waals surface area contributed by atoms with Crippen molar-refractivity contribution in [3.8, 4) is 0 Å². The van der Waals surface area contributed by atoms with Crippen molar-refractivity contribution in [1.82, 2.24) is 9.78 Å². The van der Waals surface area contributed by atoms with Crippen molar-refractivity contribution in [1.29, 1.82) is 0 Å². The summed E-state index contributed by atoms with van der Waals surface area (Å²) >= 11 is 5.94. The molecule has 0 radical (unpaired) electrons. The molecule has 74 valence electrons. The molecule has 0 aliphatic carbocycles. The number of benzene rings is 1. The highest BCUT2D eigenvalue weighted by atomic mass is 35.5. The Morgan fingerprint density at radius 1 is 1.36 bits per heavy atom. The normalized spacial score (nSPS) is 11.5. The van der Waals surface area contributed by atoms with Gasteiger partial charge in [-0.25, -0.2) is 0 Å². The van der Waals surface area contributed by atoms with Crippen LogP contribution in [0, 0.1) is 6.92 Å². The minimum Gasteiger partial charge on any atom is -0.266 e. The van der Waals surface area contributed by atoms with E-state index in [-0.39, 0.29) is 0 Å². The van der Waals surface area contributed by atoms with Crippen LogP contribution in [0.15, 0.2) is 18.2 Å². The Bertz CT molecular complexity index is 471. The zero-order valence-electron chi connectivity index (χ0n) is 8.58. The minimum atomic E-state index is 0.390. The standard InChI is InChI=1S/C11H13ClN2/c1-7(2)14-8(3)10-6-9(12)4-5-11(10)13-14/h4-7H,1-3H3. The summed E-state index contributed by atoms with van der Waals surface area (Å²) in [4.78, 5) is 0. The number of aryl methyl sites for hydroxylation is 1. The third kappa shape index (κ3) is 1.40. The molecule has 0 saturated carbocycles. The van der Waals surface area contributed by atoms with Crippen LogP contribution >= 0.6 is 11.6 Å². The Labute approximate surface area is 88.5 Å².